The first-order chi connectivity index (χ1) is 12.3. The van der Waals surface area contributed by atoms with Crippen LogP contribution in [0.1, 0.15) is 25.3 Å². The van der Waals surface area contributed by atoms with E-state index in [1.54, 1.807) is 18.7 Å². The number of likely N-dealkylation sites (tertiary alicyclic amines) is 1. The number of pyridine rings is 2. The summed E-state index contributed by atoms with van der Waals surface area (Å²) < 4.78 is 12.0. The van der Waals surface area contributed by atoms with Crippen molar-refractivity contribution < 1.29 is 9.15 Å². The summed E-state index contributed by atoms with van der Waals surface area (Å²) in [5.41, 5.74) is 4.06. The van der Waals surface area contributed by atoms with Gasteiger partial charge in [0.1, 0.15) is 5.60 Å². The molecule has 1 atom stereocenters. The molecule has 2 aliphatic heterocycles. The summed E-state index contributed by atoms with van der Waals surface area (Å²) in [7, 11) is 0. The summed E-state index contributed by atoms with van der Waals surface area (Å²) in [5.74, 6) is 0.802. The van der Waals surface area contributed by atoms with E-state index >= 15 is 0 Å². The molecule has 128 valence electrons. The molecule has 0 amide bonds. The van der Waals surface area contributed by atoms with E-state index in [4.69, 9.17) is 9.15 Å². The van der Waals surface area contributed by atoms with E-state index < -0.39 is 0 Å². The van der Waals surface area contributed by atoms with Crippen molar-refractivity contribution in [2.24, 2.45) is 0 Å². The molecular weight excluding hydrogens is 314 g/mol. The Bertz CT molecular complexity index is 936. The zero-order chi connectivity index (χ0) is 16.9. The molecule has 5 heteroatoms. The second-order valence-electron chi connectivity index (χ2n) is 7.14. The van der Waals surface area contributed by atoms with Gasteiger partial charge in [0.25, 0.3) is 0 Å². The lowest BCUT2D eigenvalue weighted by molar-refractivity contribution is 0.00781. The van der Waals surface area contributed by atoms with E-state index in [1.807, 2.05) is 12.3 Å². The Morgan fingerprint density at radius 3 is 3.20 bits per heavy atom. The van der Waals surface area contributed by atoms with Crippen molar-refractivity contribution >= 4 is 11.0 Å². The average Bonchev–Trinajstić information content (AvgIpc) is 3.21. The molecule has 5 rings (SSSR count). The highest BCUT2D eigenvalue weighted by molar-refractivity contribution is 5.93. The highest BCUT2D eigenvalue weighted by Gasteiger charge is 2.43. The zero-order valence-electron chi connectivity index (χ0n) is 14.4. The number of rotatable bonds is 2. The van der Waals surface area contributed by atoms with Gasteiger partial charge in [-0.25, -0.2) is 4.98 Å². The molecule has 3 aromatic heterocycles. The van der Waals surface area contributed by atoms with Crippen LogP contribution in [0.25, 0.3) is 22.1 Å². The maximum absolute atomic E-state index is 6.34. The number of furan rings is 1. The zero-order valence-corrected chi connectivity index (χ0v) is 14.4. The molecule has 1 fully saturated rings. The summed E-state index contributed by atoms with van der Waals surface area (Å²) >= 11 is 0. The fraction of sp³-hybridized carbons (Fsp3) is 0.400. The second kappa shape index (κ2) is 5.56. The molecule has 5 heterocycles. The molecule has 0 bridgehead atoms. The Balaban J connectivity index is 1.49. The smallest absolute Gasteiger partial charge is 0.217 e. The van der Waals surface area contributed by atoms with E-state index in [0.29, 0.717) is 0 Å². The third-order valence-electron chi connectivity index (χ3n) is 5.51. The lowest BCUT2D eigenvalue weighted by Crippen LogP contribution is -2.51. The quantitative estimate of drug-likeness (QED) is 0.715. The van der Waals surface area contributed by atoms with Gasteiger partial charge in [-0.3, -0.25) is 9.88 Å². The summed E-state index contributed by atoms with van der Waals surface area (Å²) in [6, 6.07) is 4.20. The van der Waals surface area contributed by atoms with Crippen LogP contribution in [0.3, 0.4) is 0 Å². The predicted octanol–water partition coefficient (Wildman–Crippen LogP) is 3.68. The largest absolute Gasteiger partial charge is 0.469 e. The van der Waals surface area contributed by atoms with Crippen LogP contribution >= 0.6 is 0 Å². The van der Waals surface area contributed by atoms with Crippen molar-refractivity contribution in [2.75, 3.05) is 19.6 Å². The number of piperidine rings is 1. The van der Waals surface area contributed by atoms with E-state index in [2.05, 4.69) is 27.9 Å². The minimum atomic E-state index is -0.0927. The Morgan fingerprint density at radius 1 is 1.32 bits per heavy atom. The van der Waals surface area contributed by atoms with Gasteiger partial charge in [-0.2, -0.15) is 0 Å². The van der Waals surface area contributed by atoms with E-state index in [-0.39, 0.29) is 5.60 Å². The maximum Gasteiger partial charge on any atom is 0.217 e. The van der Waals surface area contributed by atoms with Gasteiger partial charge in [-0.05, 0) is 38.1 Å². The van der Waals surface area contributed by atoms with Crippen molar-refractivity contribution in [1.82, 2.24) is 14.9 Å². The van der Waals surface area contributed by atoms with Gasteiger partial charge in [0.2, 0.25) is 5.88 Å². The van der Waals surface area contributed by atoms with Crippen LogP contribution in [-0.2, 0) is 6.42 Å². The first-order valence-corrected chi connectivity index (χ1v) is 8.98. The SMILES string of the molecule is CCN1CCC[C@]2(Cc3cc(-c4coc5cnccc45)cnc3O2)C1. The van der Waals surface area contributed by atoms with E-state index in [0.717, 1.165) is 53.9 Å². The van der Waals surface area contributed by atoms with Crippen LogP contribution < -0.4 is 4.74 Å². The Morgan fingerprint density at radius 2 is 2.28 bits per heavy atom. The first-order valence-electron chi connectivity index (χ1n) is 8.98. The fourth-order valence-corrected chi connectivity index (χ4v) is 4.25. The van der Waals surface area contributed by atoms with Crippen LogP contribution in [-0.4, -0.2) is 40.1 Å². The third kappa shape index (κ3) is 2.42. The number of likely N-dealkylation sites (N-methyl/N-ethyl adjacent to an activating group) is 1. The number of fused-ring (bicyclic) bond motifs is 2. The normalized spacial score (nSPS) is 23.1. The minimum absolute atomic E-state index is 0.0927. The Labute approximate surface area is 146 Å². The molecule has 5 nitrogen and oxygen atoms in total. The van der Waals surface area contributed by atoms with Crippen LogP contribution in [0, 0.1) is 0 Å². The van der Waals surface area contributed by atoms with Crippen molar-refractivity contribution in [3.8, 4) is 17.0 Å². The highest BCUT2D eigenvalue weighted by atomic mass is 16.5. The van der Waals surface area contributed by atoms with Crippen LogP contribution in [0.15, 0.2) is 41.4 Å². The summed E-state index contributed by atoms with van der Waals surface area (Å²) in [6.45, 7) is 5.46. The molecule has 0 aromatic carbocycles. The standard InChI is InChI=1S/C20H21N3O2/c1-2-23-7-3-5-20(13-23)9-14-8-15(10-22-19(14)25-20)17-12-24-18-11-21-6-4-16(17)18/h4,6,8,10-12H,2-3,5,7,9,13H2,1H3/t20-/m0/s1. The molecular formula is C20H21N3O2. The number of nitrogens with zero attached hydrogens (tertiary/aromatic N) is 3. The lowest BCUT2D eigenvalue weighted by Gasteiger charge is -2.38. The van der Waals surface area contributed by atoms with Gasteiger partial charge in [0, 0.05) is 47.4 Å². The van der Waals surface area contributed by atoms with Gasteiger partial charge in [0.15, 0.2) is 5.58 Å². The molecule has 1 spiro atoms. The van der Waals surface area contributed by atoms with Crippen molar-refractivity contribution in [3.05, 3.63) is 42.5 Å². The minimum Gasteiger partial charge on any atom is -0.469 e. The first kappa shape index (κ1) is 14.9. The molecule has 0 radical (unpaired) electrons. The molecule has 0 N–H and O–H groups in total. The third-order valence-corrected chi connectivity index (χ3v) is 5.51. The predicted molar refractivity (Wildman–Crippen MR) is 95.7 cm³/mol. The van der Waals surface area contributed by atoms with Crippen molar-refractivity contribution in [3.63, 3.8) is 0 Å². The monoisotopic (exact) mass is 335 g/mol. The topological polar surface area (TPSA) is 51.4 Å². The molecule has 0 aliphatic carbocycles. The number of hydrogen-bond acceptors (Lipinski definition) is 5. The molecule has 25 heavy (non-hydrogen) atoms. The van der Waals surface area contributed by atoms with Crippen LogP contribution in [0.2, 0.25) is 0 Å². The fourth-order valence-electron chi connectivity index (χ4n) is 4.25. The van der Waals surface area contributed by atoms with E-state index in [9.17, 15) is 0 Å². The molecule has 3 aromatic rings. The van der Waals surface area contributed by atoms with Gasteiger partial charge >= 0.3 is 0 Å². The molecule has 2 aliphatic rings. The van der Waals surface area contributed by atoms with Gasteiger partial charge < -0.3 is 9.15 Å². The van der Waals surface area contributed by atoms with Crippen molar-refractivity contribution in [1.29, 1.82) is 0 Å². The van der Waals surface area contributed by atoms with Crippen LogP contribution in [0.4, 0.5) is 0 Å². The maximum atomic E-state index is 6.34. The van der Waals surface area contributed by atoms with Gasteiger partial charge in [-0.15, -0.1) is 0 Å². The second-order valence-corrected chi connectivity index (χ2v) is 7.14. The number of hydrogen-bond donors (Lipinski definition) is 0. The summed E-state index contributed by atoms with van der Waals surface area (Å²) in [6.07, 6.45) is 10.5. The number of aromatic nitrogens is 2. The average molecular weight is 335 g/mol. The summed E-state index contributed by atoms with van der Waals surface area (Å²) in [5, 5.41) is 1.07. The Hall–Kier alpha value is -2.40. The number of ether oxygens (including phenoxy) is 1. The van der Waals surface area contributed by atoms with Gasteiger partial charge in [-0.1, -0.05) is 6.92 Å². The molecule has 0 saturated carbocycles. The summed E-state index contributed by atoms with van der Waals surface area (Å²) in [4.78, 5) is 11.2. The van der Waals surface area contributed by atoms with E-state index in [1.165, 1.54) is 18.5 Å². The molecule has 1 saturated heterocycles. The van der Waals surface area contributed by atoms with Crippen molar-refractivity contribution in [2.45, 2.75) is 31.8 Å². The molecule has 0 unspecified atom stereocenters. The lowest BCUT2D eigenvalue weighted by atomic mass is 9.88. The Kier molecular flexibility index (Phi) is 3.31. The highest BCUT2D eigenvalue weighted by Crippen LogP contribution is 2.41. The van der Waals surface area contributed by atoms with Gasteiger partial charge in [0.05, 0.1) is 12.5 Å². The van der Waals surface area contributed by atoms with Crippen LogP contribution in [0.5, 0.6) is 5.88 Å².